The molecule has 0 heterocycles. The third kappa shape index (κ3) is 5.60. The zero-order chi connectivity index (χ0) is 10.3. The van der Waals surface area contributed by atoms with Gasteiger partial charge in [0, 0.05) is 6.54 Å². The second-order valence-corrected chi connectivity index (χ2v) is 3.60. The molecule has 4 heteroatoms. The minimum Gasteiger partial charge on any atom is -0.481 e. The minimum atomic E-state index is -0.823. The van der Waals surface area contributed by atoms with Crippen molar-refractivity contribution >= 4 is 5.97 Å². The van der Waals surface area contributed by atoms with Gasteiger partial charge in [0.2, 0.25) is 0 Å². The van der Waals surface area contributed by atoms with E-state index in [0.29, 0.717) is 6.61 Å². The lowest BCUT2D eigenvalue weighted by molar-refractivity contribution is -0.150. The molecule has 0 spiro atoms. The number of carbonyl (C=O) groups is 1. The summed E-state index contributed by atoms with van der Waals surface area (Å²) in [5.41, 5.74) is -0.786. The largest absolute Gasteiger partial charge is 0.481 e. The molecular formula is C9H19NO3. The molecule has 0 aliphatic heterocycles. The summed E-state index contributed by atoms with van der Waals surface area (Å²) >= 11 is 0. The summed E-state index contributed by atoms with van der Waals surface area (Å²) in [5, 5.41) is 11.8. The standard InChI is InChI=1S/C9H19NO3/c1-4-10-5-6-13-7-9(2,3)8(11)12/h10H,4-7H2,1-3H3,(H,11,12). The Morgan fingerprint density at radius 2 is 2.15 bits per heavy atom. The number of ether oxygens (including phenoxy) is 1. The number of hydrogen-bond acceptors (Lipinski definition) is 3. The van der Waals surface area contributed by atoms with Crippen molar-refractivity contribution in [3.8, 4) is 0 Å². The van der Waals surface area contributed by atoms with Crippen molar-refractivity contribution in [3.05, 3.63) is 0 Å². The lowest BCUT2D eigenvalue weighted by Gasteiger charge is -2.18. The predicted molar refractivity (Wildman–Crippen MR) is 50.8 cm³/mol. The first-order valence-corrected chi connectivity index (χ1v) is 4.52. The van der Waals surface area contributed by atoms with Crippen molar-refractivity contribution < 1.29 is 14.6 Å². The highest BCUT2D eigenvalue weighted by molar-refractivity contribution is 5.73. The van der Waals surface area contributed by atoms with Gasteiger partial charge < -0.3 is 15.2 Å². The van der Waals surface area contributed by atoms with Crippen LogP contribution < -0.4 is 5.32 Å². The Morgan fingerprint density at radius 3 is 2.62 bits per heavy atom. The Bertz CT molecular complexity index is 157. The van der Waals surface area contributed by atoms with Crippen LogP contribution in [0.1, 0.15) is 20.8 Å². The summed E-state index contributed by atoms with van der Waals surface area (Å²) < 4.78 is 5.22. The van der Waals surface area contributed by atoms with Crippen LogP contribution in [0, 0.1) is 5.41 Å². The monoisotopic (exact) mass is 189 g/mol. The Balaban J connectivity index is 3.46. The summed E-state index contributed by atoms with van der Waals surface area (Å²) in [6.07, 6.45) is 0. The van der Waals surface area contributed by atoms with Gasteiger partial charge in [0.15, 0.2) is 0 Å². The summed E-state index contributed by atoms with van der Waals surface area (Å²) in [7, 11) is 0. The molecule has 0 saturated heterocycles. The highest BCUT2D eigenvalue weighted by Gasteiger charge is 2.26. The molecule has 0 atom stereocenters. The van der Waals surface area contributed by atoms with Crippen molar-refractivity contribution in [1.82, 2.24) is 5.32 Å². The Labute approximate surface area is 79.3 Å². The molecule has 0 rings (SSSR count). The van der Waals surface area contributed by atoms with E-state index >= 15 is 0 Å². The maximum absolute atomic E-state index is 10.6. The quantitative estimate of drug-likeness (QED) is 0.579. The van der Waals surface area contributed by atoms with Gasteiger partial charge in [-0.3, -0.25) is 4.79 Å². The van der Waals surface area contributed by atoms with E-state index in [9.17, 15) is 4.79 Å². The maximum Gasteiger partial charge on any atom is 0.311 e. The van der Waals surface area contributed by atoms with Crippen LogP contribution in [0.2, 0.25) is 0 Å². The fraction of sp³-hybridized carbons (Fsp3) is 0.889. The molecule has 0 aromatic carbocycles. The third-order valence-corrected chi connectivity index (χ3v) is 1.72. The van der Waals surface area contributed by atoms with Crippen LogP contribution in [0.15, 0.2) is 0 Å². The molecular weight excluding hydrogens is 170 g/mol. The number of aliphatic carboxylic acids is 1. The lowest BCUT2D eigenvalue weighted by atomic mass is 9.95. The molecule has 0 amide bonds. The van der Waals surface area contributed by atoms with Crippen molar-refractivity contribution in [3.63, 3.8) is 0 Å². The maximum atomic E-state index is 10.6. The second kappa shape index (κ2) is 5.94. The molecule has 2 N–H and O–H groups in total. The first kappa shape index (κ1) is 12.4. The molecule has 0 fully saturated rings. The zero-order valence-corrected chi connectivity index (χ0v) is 8.59. The summed E-state index contributed by atoms with van der Waals surface area (Å²) in [4.78, 5) is 10.6. The highest BCUT2D eigenvalue weighted by Crippen LogP contribution is 2.14. The van der Waals surface area contributed by atoms with Gasteiger partial charge in [0.05, 0.1) is 18.6 Å². The zero-order valence-electron chi connectivity index (χ0n) is 8.59. The van der Waals surface area contributed by atoms with E-state index < -0.39 is 11.4 Å². The Morgan fingerprint density at radius 1 is 1.54 bits per heavy atom. The molecule has 0 aromatic heterocycles. The van der Waals surface area contributed by atoms with E-state index in [1.807, 2.05) is 6.92 Å². The number of hydrogen-bond donors (Lipinski definition) is 2. The first-order valence-electron chi connectivity index (χ1n) is 4.52. The molecule has 0 aliphatic rings. The molecule has 0 saturated carbocycles. The van der Waals surface area contributed by atoms with E-state index in [4.69, 9.17) is 9.84 Å². The van der Waals surface area contributed by atoms with Crippen LogP contribution in [-0.2, 0) is 9.53 Å². The van der Waals surface area contributed by atoms with Crippen LogP contribution in [-0.4, -0.2) is 37.4 Å². The second-order valence-electron chi connectivity index (χ2n) is 3.60. The molecule has 0 bridgehead atoms. The minimum absolute atomic E-state index is 0.258. The van der Waals surface area contributed by atoms with Gasteiger partial charge in [0.1, 0.15) is 0 Å². The average Bonchev–Trinajstić information content (AvgIpc) is 2.03. The van der Waals surface area contributed by atoms with Crippen molar-refractivity contribution in [2.45, 2.75) is 20.8 Å². The van der Waals surface area contributed by atoms with Gasteiger partial charge in [-0.1, -0.05) is 6.92 Å². The first-order chi connectivity index (χ1) is 6.00. The number of carboxylic acid groups (broad SMARTS) is 1. The van der Waals surface area contributed by atoms with Gasteiger partial charge in [-0.05, 0) is 20.4 Å². The van der Waals surface area contributed by atoms with Gasteiger partial charge in [-0.15, -0.1) is 0 Å². The van der Waals surface area contributed by atoms with E-state index in [1.54, 1.807) is 13.8 Å². The molecule has 0 aromatic rings. The number of carboxylic acids is 1. The van der Waals surface area contributed by atoms with Crippen molar-refractivity contribution in [2.24, 2.45) is 5.41 Å². The fourth-order valence-corrected chi connectivity index (χ4v) is 0.710. The van der Waals surface area contributed by atoms with E-state index in [0.717, 1.165) is 13.1 Å². The molecule has 78 valence electrons. The van der Waals surface area contributed by atoms with Crippen LogP contribution >= 0.6 is 0 Å². The molecule has 0 aliphatic carbocycles. The molecule has 13 heavy (non-hydrogen) atoms. The van der Waals surface area contributed by atoms with Crippen molar-refractivity contribution in [2.75, 3.05) is 26.3 Å². The smallest absolute Gasteiger partial charge is 0.311 e. The number of rotatable bonds is 7. The topological polar surface area (TPSA) is 58.6 Å². The fourth-order valence-electron chi connectivity index (χ4n) is 0.710. The molecule has 0 unspecified atom stereocenters. The molecule has 0 radical (unpaired) electrons. The van der Waals surface area contributed by atoms with Gasteiger partial charge >= 0.3 is 5.97 Å². The van der Waals surface area contributed by atoms with Gasteiger partial charge in [0.25, 0.3) is 0 Å². The Kier molecular flexibility index (Phi) is 5.66. The summed E-state index contributed by atoms with van der Waals surface area (Å²) in [6, 6.07) is 0. The average molecular weight is 189 g/mol. The number of nitrogens with one attached hydrogen (secondary N) is 1. The predicted octanol–water partition coefficient (Wildman–Crippen LogP) is 0.723. The Hall–Kier alpha value is -0.610. The van der Waals surface area contributed by atoms with E-state index in [-0.39, 0.29) is 6.61 Å². The van der Waals surface area contributed by atoms with E-state index in [2.05, 4.69) is 5.32 Å². The van der Waals surface area contributed by atoms with Crippen LogP contribution in [0.4, 0.5) is 0 Å². The third-order valence-electron chi connectivity index (χ3n) is 1.72. The van der Waals surface area contributed by atoms with Crippen LogP contribution in [0.5, 0.6) is 0 Å². The lowest BCUT2D eigenvalue weighted by Crippen LogP contribution is -2.30. The van der Waals surface area contributed by atoms with Crippen LogP contribution in [0.3, 0.4) is 0 Å². The number of likely N-dealkylation sites (N-methyl/N-ethyl adjacent to an activating group) is 1. The van der Waals surface area contributed by atoms with Crippen molar-refractivity contribution in [1.29, 1.82) is 0 Å². The SMILES string of the molecule is CCNCCOCC(C)(C)C(=O)O. The van der Waals surface area contributed by atoms with Gasteiger partial charge in [-0.2, -0.15) is 0 Å². The molecule has 4 nitrogen and oxygen atoms in total. The van der Waals surface area contributed by atoms with Crippen LogP contribution in [0.25, 0.3) is 0 Å². The van der Waals surface area contributed by atoms with E-state index in [1.165, 1.54) is 0 Å². The summed E-state index contributed by atoms with van der Waals surface area (Å²) in [6.45, 7) is 7.82. The summed E-state index contributed by atoms with van der Waals surface area (Å²) in [5.74, 6) is -0.823. The normalized spacial score (nSPS) is 11.6. The van der Waals surface area contributed by atoms with Gasteiger partial charge in [-0.25, -0.2) is 0 Å². The highest BCUT2D eigenvalue weighted by atomic mass is 16.5.